The van der Waals surface area contributed by atoms with Gasteiger partial charge < -0.3 is 36.6 Å². The smallest absolute Gasteiger partial charge is 0.320 e. The molecule has 2 unspecified atom stereocenters. The van der Waals surface area contributed by atoms with E-state index in [1.54, 1.807) is 19.9 Å². The minimum atomic E-state index is -1.13. The fourth-order valence-corrected chi connectivity index (χ4v) is 5.81. The molecule has 0 saturated carbocycles. The summed E-state index contributed by atoms with van der Waals surface area (Å²) in [6, 6.07) is 16.0. The molecule has 0 aliphatic heterocycles. The number of aromatic nitrogens is 3. The van der Waals surface area contributed by atoms with Gasteiger partial charge in [-0.25, -0.2) is 0 Å². The van der Waals surface area contributed by atoms with Crippen LogP contribution in [0, 0.1) is 51.7 Å². The second kappa shape index (κ2) is 14.5. The molecule has 12 nitrogen and oxygen atoms in total. The molecule has 9 N–H and O–H groups in total. The lowest BCUT2D eigenvalue weighted by Crippen LogP contribution is -2.32. The number of nitrogens with zero attached hydrogens (tertiary/aromatic N) is 1. The zero-order valence-electron chi connectivity index (χ0n) is 27.9. The van der Waals surface area contributed by atoms with Gasteiger partial charge in [-0.1, -0.05) is 24.3 Å². The van der Waals surface area contributed by atoms with Crippen LogP contribution in [0.2, 0.25) is 0 Å². The third-order valence-electron chi connectivity index (χ3n) is 8.21. The summed E-state index contributed by atoms with van der Waals surface area (Å²) in [4.78, 5) is 42.0. The van der Waals surface area contributed by atoms with Crippen molar-refractivity contribution in [1.82, 2.24) is 15.0 Å². The standard InChI is InChI=1S/C13H15N3O4.C13H16N2O2.C10H11N/c1-6-3-10-12(11(4-6)16(19)20)8(7(2)15-10)5-9(14)13(17)18;1-7-3-4-9-10(6-11(14)13(16)17)8(2)15-12(9)5-7;1-7-3-4-9-6-8(2)11-10(9)5-7/h3-4,9,15H,5,14H2,1-2H3,(H,17,18);3-5,11,15H,6,14H2,1-2H3,(H,16,17);3-6,11H,1-2H3. The van der Waals surface area contributed by atoms with Gasteiger partial charge in [-0.05, 0) is 99.0 Å². The van der Waals surface area contributed by atoms with E-state index in [-0.39, 0.29) is 12.1 Å². The van der Waals surface area contributed by atoms with Crippen LogP contribution in [0.15, 0.2) is 54.6 Å². The molecule has 0 fully saturated rings. The number of aliphatic carboxylic acids is 2. The molecule has 3 aromatic heterocycles. The molecule has 0 radical (unpaired) electrons. The Morgan fingerprint density at radius 1 is 0.708 bits per heavy atom. The lowest BCUT2D eigenvalue weighted by Gasteiger charge is -2.07. The fourth-order valence-electron chi connectivity index (χ4n) is 5.81. The van der Waals surface area contributed by atoms with E-state index in [4.69, 9.17) is 21.7 Å². The van der Waals surface area contributed by atoms with Crippen molar-refractivity contribution >= 4 is 50.3 Å². The van der Waals surface area contributed by atoms with Gasteiger partial charge >= 0.3 is 11.9 Å². The van der Waals surface area contributed by atoms with Crippen LogP contribution in [0.1, 0.15) is 44.9 Å². The highest BCUT2D eigenvalue weighted by atomic mass is 16.6. The molecule has 3 heterocycles. The van der Waals surface area contributed by atoms with E-state index in [9.17, 15) is 19.7 Å². The maximum Gasteiger partial charge on any atom is 0.320 e. The molecule has 252 valence electrons. The van der Waals surface area contributed by atoms with E-state index in [0.717, 1.165) is 27.7 Å². The molecule has 2 atom stereocenters. The van der Waals surface area contributed by atoms with Crippen molar-refractivity contribution in [2.75, 3.05) is 0 Å². The zero-order valence-corrected chi connectivity index (χ0v) is 27.9. The number of H-pyrrole nitrogens is 3. The SMILES string of the molecule is Cc1cc([N+](=O)[O-])c2c(CC(N)C(=O)O)c(C)[nH]c2c1.Cc1ccc2c(CC(N)C(=O)O)c(C)[nH]c2c1.Cc1ccc2cc(C)[nH]c2c1. The van der Waals surface area contributed by atoms with Gasteiger partial charge in [0, 0.05) is 52.4 Å². The molecule has 0 amide bonds. The largest absolute Gasteiger partial charge is 0.480 e. The van der Waals surface area contributed by atoms with Crippen LogP contribution >= 0.6 is 0 Å². The summed E-state index contributed by atoms with van der Waals surface area (Å²) in [6.45, 7) is 11.7. The maximum absolute atomic E-state index is 11.2. The van der Waals surface area contributed by atoms with Crippen LogP contribution in [0.25, 0.3) is 32.7 Å². The first-order valence-corrected chi connectivity index (χ1v) is 15.4. The highest BCUT2D eigenvalue weighted by molar-refractivity contribution is 5.94. The normalized spacial score (nSPS) is 12.2. The van der Waals surface area contributed by atoms with E-state index in [1.165, 1.54) is 33.8 Å². The average Bonchev–Trinajstić information content (AvgIpc) is 3.63. The number of nitro groups is 1. The Morgan fingerprint density at radius 2 is 1.23 bits per heavy atom. The van der Waals surface area contributed by atoms with E-state index >= 15 is 0 Å². The Labute approximate surface area is 277 Å². The number of aromatic amines is 3. The lowest BCUT2D eigenvalue weighted by molar-refractivity contribution is -0.383. The van der Waals surface area contributed by atoms with Gasteiger partial charge in [0.2, 0.25) is 0 Å². The van der Waals surface area contributed by atoms with Crippen LogP contribution < -0.4 is 11.5 Å². The van der Waals surface area contributed by atoms with Crippen molar-refractivity contribution in [3.8, 4) is 0 Å². The van der Waals surface area contributed by atoms with E-state index in [2.05, 4.69) is 59.1 Å². The van der Waals surface area contributed by atoms with Crippen molar-refractivity contribution in [3.05, 3.63) is 110 Å². The van der Waals surface area contributed by atoms with Gasteiger partial charge in [0.15, 0.2) is 0 Å². The number of carboxylic acids is 2. The Kier molecular flexibility index (Phi) is 10.7. The van der Waals surface area contributed by atoms with Crippen LogP contribution in [0.4, 0.5) is 5.69 Å². The average molecular weight is 655 g/mol. The van der Waals surface area contributed by atoms with E-state index < -0.39 is 28.9 Å². The summed E-state index contributed by atoms with van der Waals surface area (Å²) in [7, 11) is 0. The van der Waals surface area contributed by atoms with E-state index in [1.807, 2.05) is 26.0 Å². The molecule has 0 aliphatic carbocycles. The third-order valence-corrected chi connectivity index (χ3v) is 8.21. The minimum Gasteiger partial charge on any atom is -0.480 e. The minimum absolute atomic E-state index is 0.0306. The van der Waals surface area contributed by atoms with Crippen molar-refractivity contribution in [2.24, 2.45) is 11.5 Å². The third kappa shape index (κ3) is 8.08. The number of nitrogens with one attached hydrogen (secondary N) is 3. The summed E-state index contributed by atoms with van der Waals surface area (Å²) in [5, 5.41) is 31.7. The summed E-state index contributed by atoms with van der Waals surface area (Å²) in [5.41, 5.74) is 21.7. The monoisotopic (exact) mass is 654 g/mol. The lowest BCUT2D eigenvalue weighted by atomic mass is 10.0. The molecule has 3 aromatic carbocycles. The Hall–Kier alpha value is -5.46. The fraction of sp³-hybridized carbons (Fsp3) is 0.278. The molecule has 0 spiro atoms. The maximum atomic E-state index is 11.2. The number of carboxylic acid groups (broad SMARTS) is 2. The van der Waals surface area contributed by atoms with E-state index in [0.29, 0.717) is 28.6 Å². The van der Waals surface area contributed by atoms with Crippen LogP contribution in [-0.4, -0.2) is 54.1 Å². The number of fused-ring (bicyclic) bond motifs is 3. The van der Waals surface area contributed by atoms with Gasteiger partial charge in [0.25, 0.3) is 5.69 Å². The Morgan fingerprint density at radius 3 is 1.83 bits per heavy atom. The number of carbonyl (C=O) groups is 2. The van der Waals surface area contributed by atoms with Gasteiger partial charge in [0.1, 0.15) is 12.1 Å². The number of non-ortho nitro benzene ring substituents is 1. The number of nitrogens with two attached hydrogens (primary N) is 2. The Balaban J connectivity index is 0.000000169. The second-order valence-electron chi connectivity index (χ2n) is 12.3. The second-order valence-corrected chi connectivity index (χ2v) is 12.3. The van der Waals surface area contributed by atoms with Crippen LogP contribution in [0.5, 0.6) is 0 Å². The van der Waals surface area contributed by atoms with Crippen molar-refractivity contribution in [3.63, 3.8) is 0 Å². The van der Waals surface area contributed by atoms with Crippen molar-refractivity contribution in [2.45, 2.75) is 66.5 Å². The molecular weight excluding hydrogens is 612 g/mol. The summed E-state index contributed by atoms with van der Waals surface area (Å²) >= 11 is 0. The van der Waals surface area contributed by atoms with Crippen LogP contribution in [0.3, 0.4) is 0 Å². The summed E-state index contributed by atoms with van der Waals surface area (Å²) in [5.74, 6) is -2.10. The molecule has 0 saturated heterocycles. The molecule has 48 heavy (non-hydrogen) atoms. The highest BCUT2D eigenvalue weighted by Gasteiger charge is 2.23. The molecule has 6 rings (SSSR count). The number of benzene rings is 3. The quantitative estimate of drug-likeness (QED) is 0.0778. The first kappa shape index (κ1) is 35.4. The number of hydrogen-bond donors (Lipinski definition) is 7. The molecule has 0 aliphatic rings. The van der Waals surface area contributed by atoms with Crippen molar-refractivity contribution < 1.29 is 24.7 Å². The summed E-state index contributed by atoms with van der Waals surface area (Å²) in [6.07, 6.45) is 0.398. The van der Waals surface area contributed by atoms with Gasteiger partial charge in [-0.3, -0.25) is 19.7 Å². The first-order chi connectivity index (χ1) is 22.5. The van der Waals surface area contributed by atoms with Gasteiger partial charge in [-0.15, -0.1) is 0 Å². The highest BCUT2D eigenvalue weighted by Crippen LogP contribution is 2.33. The van der Waals surface area contributed by atoms with Gasteiger partial charge in [0.05, 0.1) is 15.8 Å². The summed E-state index contributed by atoms with van der Waals surface area (Å²) < 4.78 is 0. The number of aryl methyl sites for hydroxylation is 6. The topological polar surface area (TPSA) is 217 Å². The number of hydrogen-bond acceptors (Lipinski definition) is 6. The predicted octanol–water partition coefficient (Wildman–Crippen LogP) is 6.17. The Bertz CT molecular complexity index is 2140. The predicted molar refractivity (Wildman–Crippen MR) is 189 cm³/mol. The molecule has 12 heteroatoms. The van der Waals surface area contributed by atoms with Gasteiger partial charge in [-0.2, -0.15) is 0 Å². The number of nitro benzene ring substituents is 1. The molecule has 0 bridgehead atoms. The first-order valence-electron chi connectivity index (χ1n) is 15.4. The molecular formula is C36H42N6O6. The van der Waals surface area contributed by atoms with Crippen LogP contribution in [-0.2, 0) is 22.4 Å². The molecule has 6 aromatic rings. The number of rotatable bonds is 7. The van der Waals surface area contributed by atoms with Crippen molar-refractivity contribution in [1.29, 1.82) is 0 Å². The zero-order chi connectivity index (χ0) is 35.4.